The van der Waals surface area contributed by atoms with E-state index in [1.165, 1.54) is 38.4 Å². The molecule has 3 rings (SSSR count). The smallest absolute Gasteiger partial charge is 0.197 e. The quantitative estimate of drug-likeness (QED) is 0.634. The van der Waals surface area contributed by atoms with E-state index in [0.29, 0.717) is 5.41 Å². The van der Waals surface area contributed by atoms with Crippen molar-refractivity contribution in [2.75, 3.05) is 26.2 Å². The second-order valence-corrected chi connectivity index (χ2v) is 5.65. The second kappa shape index (κ2) is 3.79. The summed E-state index contributed by atoms with van der Waals surface area (Å²) in [6, 6.07) is 0.744. The van der Waals surface area contributed by atoms with Crippen molar-refractivity contribution >= 4 is 29.9 Å². The van der Waals surface area contributed by atoms with Gasteiger partial charge in [-0.1, -0.05) is 13.8 Å². The third kappa shape index (κ3) is 1.85. The van der Waals surface area contributed by atoms with E-state index >= 15 is 0 Å². The van der Waals surface area contributed by atoms with Gasteiger partial charge in [0.15, 0.2) is 5.96 Å². The number of rotatable bonds is 0. The first kappa shape index (κ1) is 11.5. The molecule has 0 aliphatic carbocycles. The molecule has 0 saturated carbocycles. The van der Waals surface area contributed by atoms with E-state index < -0.39 is 0 Å². The number of fused-ring (bicyclic) bond motifs is 1. The number of guanidine groups is 1. The van der Waals surface area contributed by atoms with E-state index in [0.717, 1.165) is 12.6 Å². The van der Waals surface area contributed by atoms with Crippen LogP contribution in [0.4, 0.5) is 0 Å². The Balaban J connectivity index is 0.000000853. The summed E-state index contributed by atoms with van der Waals surface area (Å²) in [6.07, 6.45) is 2.71. The predicted molar refractivity (Wildman–Crippen MR) is 72.8 cm³/mol. The molecule has 86 valence electrons. The van der Waals surface area contributed by atoms with Gasteiger partial charge in [-0.05, 0) is 18.3 Å². The highest BCUT2D eigenvalue weighted by atomic mass is 127. The highest BCUT2D eigenvalue weighted by Crippen LogP contribution is 2.33. The minimum atomic E-state index is 0. The van der Waals surface area contributed by atoms with Gasteiger partial charge in [-0.15, -0.1) is 24.0 Å². The Labute approximate surface area is 109 Å². The van der Waals surface area contributed by atoms with Crippen LogP contribution in [0.25, 0.3) is 0 Å². The monoisotopic (exact) mass is 321 g/mol. The molecule has 1 atom stereocenters. The zero-order valence-electron chi connectivity index (χ0n) is 9.57. The van der Waals surface area contributed by atoms with Gasteiger partial charge in [0, 0.05) is 19.6 Å². The second-order valence-electron chi connectivity index (χ2n) is 5.65. The lowest BCUT2D eigenvalue weighted by atomic mass is 9.85. The molecule has 0 amide bonds. The lowest BCUT2D eigenvalue weighted by molar-refractivity contribution is 0.0856. The average Bonchev–Trinajstić information content (AvgIpc) is 2.58. The van der Waals surface area contributed by atoms with E-state index in [2.05, 4.69) is 28.6 Å². The first-order valence-corrected chi connectivity index (χ1v) is 5.72. The molecule has 0 unspecified atom stereocenters. The zero-order valence-corrected chi connectivity index (χ0v) is 11.9. The molecule has 0 radical (unpaired) electrons. The van der Waals surface area contributed by atoms with Crippen LogP contribution in [-0.2, 0) is 0 Å². The fraction of sp³-hybridized carbons (Fsp3) is 0.909. The van der Waals surface area contributed by atoms with Crippen LogP contribution in [0.15, 0.2) is 4.99 Å². The van der Waals surface area contributed by atoms with Crippen LogP contribution in [0.5, 0.6) is 0 Å². The van der Waals surface area contributed by atoms with Crippen molar-refractivity contribution in [3.8, 4) is 0 Å². The average molecular weight is 321 g/mol. The zero-order chi connectivity index (χ0) is 9.76. The lowest BCUT2D eigenvalue weighted by Crippen LogP contribution is -2.58. The fourth-order valence-electron chi connectivity index (χ4n) is 2.98. The van der Waals surface area contributed by atoms with Crippen LogP contribution >= 0.6 is 24.0 Å². The van der Waals surface area contributed by atoms with E-state index in [4.69, 9.17) is 0 Å². The highest BCUT2D eigenvalue weighted by molar-refractivity contribution is 14.0. The molecule has 3 aliphatic heterocycles. The summed E-state index contributed by atoms with van der Waals surface area (Å²) < 4.78 is 0. The van der Waals surface area contributed by atoms with Crippen LogP contribution in [-0.4, -0.2) is 48.0 Å². The van der Waals surface area contributed by atoms with Gasteiger partial charge in [-0.3, -0.25) is 4.99 Å². The predicted octanol–water partition coefficient (Wildman–Crippen LogP) is 1.78. The lowest BCUT2D eigenvalue weighted by Gasteiger charge is -2.48. The molecule has 0 aromatic rings. The molecule has 0 aromatic carbocycles. The van der Waals surface area contributed by atoms with Crippen molar-refractivity contribution in [1.82, 2.24) is 9.80 Å². The van der Waals surface area contributed by atoms with Gasteiger partial charge in [0.1, 0.15) is 0 Å². The van der Waals surface area contributed by atoms with Crippen LogP contribution in [0.3, 0.4) is 0 Å². The van der Waals surface area contributed by atoms with Crippen LogP contribution in [0.1, 0.15) is 26.7 Å². The Hall–Kier alpha value is 0. The maximum Gasteiger partial charge on any atom is 0.197 e. The molecule has 15 heavy (non-hydrogen) atoms. The van der Waals surface area contributed by atoms with Gasteiger partial charge in [0.05, 0.1) is 12.6 Å². The van der Waals surface area contributed by atoms with Gasteiger partial charge in [0.25, 0.3) is 0 Å². The standard InChI is InChI=1S/C11H19N3.HI/c1-11(2)7-13(8-11)10-12-6-9-4-3-5-14(9)10;/h9H,3-8H2,1-2H3;1H/t9-;/m1./s1. The summed E-state index contributed by atoms with van der Waals surface area (Å²) in [6.45, 7) is 9.33. The third-order valence-corrected chi connectivity index (χ3v) is 3.60. The summed E-state index contributed by atoms with van der Waals surface area (Å²) in [5.74, 6) is 1.30. The molecule has 3 nitrogen and oxygen atoms in total. The van der Waals surface area contributed by atoms with Crippen molar-refractivity contribution in [2.24, 2.45) is 10.4 Å². The SMILES string of the molecule is CC1(C)CN(C2=NC[C@H]3CCCN23)C1.I. The number of aliphatic imine (C=N–C) groups is 1. The van der Waals surface area contributed by atoms with Gasteiger partial charge in [-0.2, -0.15) is 0 Å². The van der Waals surface area contributed by atoms with Crippen LogP contribution < -0.4 is 0 Å². The van der Waals surface area contributed by atoms with Crippen molar-refractivity contribution < 1.29 is 0 Å². The topological polar surface area (TPSA) is 18.8 Å². The maximum atomic E-state index is 4.68. The summed E-state index contributed by atoms with van der Waals surface area (Å²) >= 11 is 0. The highest BCUT2D eigenvalue weighted by Gasteiger charge is 2.42. The minimum absolute atomic E-state index is 0. The summed E-state index contributed by atoms with van der Waals surface area (Å²) in [4.78, 5) is 9.65. The summed E-state index contributed by atoms with van der Waals surface area (Å²) in [5, 5.41) is 0. The van der Waals surface area contributed by atoms with Crippen molar-refractivity contribution in [3.05, 3.63) is 0 Å². The van der Waals surface area contributed by atoms with Crippen molar-refractivity contribution in [3.63, 3.8) is 0 Å². The number of halogens is 1. The molecule has 2 fully saturated rings. The van der Waals surface area contributed by atoms with Gasteiger partial charge >= 0.3 is 0 Å². The number of nitrogens with zero attached hydrogens (tertiary/aromatic N) is 3. The Morgan fingerprint density at radius 3 is 2.73 bits per heavy atom. The van der Waals surface area contributed by atoms with E-state index in [-0.39, 0.29) is 24.0 Å². The number of hydrogen-bond acceptors (Lipinski definition) is 3. The Morgan fingerprint density at radius 1 is 1.33 bits per heavy atom. The van der Waals surface area contributed by atoms with Crippen LogP contribution in [0.2, 0.25) is 0 Å². The van der Waals surface area contributed by atoms with Crippen molar-refractivity contribution in [2.45, 2.75) is 32.7 Å². The molecule has 0 aromatic heterocycles. The molecule has 0 spiro atoms. The van der Waals surface area contributed by atoms with Gasteiger partial charge in [-0.25, -0.2) is 0 Å². The maximum absolute atomic E-state index is 4.68. The number of hydrogen-bond donors (Lipinski definition) is 0. The molecule has 3 aliphatic rings. The van der Waals surface area contributed by atoms with E-state index in [1.807, 2.05) is 0 Å². The molecule has 2 saturated heterocycles. The molecule has 0 N–H and O–H groups in total. The molecular formula is C11H20IN3. The molecule has 3 heterocycles. The largest absolute Gasteiger partial charge is 0.342 e. The first-order valence-electron chi connectivity index (χ1n) is 5.72. The van der Waals surface area contributed by atoms with Gasteiger partial charge < -0.3 is 9.80 Å². The van der Waals surface area contributed by atoms with Gasteiger partial charge in [0.2, 0.25) is 0 Å². The fourth-order valence-corrected chi connectivity index (χ4v) is 2.98. The van der Waals surface area contributed by atoms with E-state index in [1.54, 1.807) is 0 Å². The molecule has 4 heteroatoms. The Kier molecular flexibility index (Phi) is 2.90. The third-order valence-electron chi connectivity index (χ3n) is 3.60. The minimum Gasteiger partial charge on any atom is -0.342 e. The molecular weight excluding hydrogens is 301 g/mol. The Bertz CT molecular complexity index is 280. The normalized spacial score (nSPS) is 31.9. The number of likely N-dealkylation sites (tertiary alicyclic amines) is 1. The van der Waals surface area contributed by atoms with E-state index in [9.17, 15) is 0 Å². The first-order chi connectivity index (χ1) is 6.66. The summed E-state index contributed by atoms with van der Waals surface area (Å²) in [5.41, 5.74) is 0.514. The van der Waals surface area contributed by atoms with Crippen molar-refractivity contribution in [1.29, 1.82) is 0 Å². The van der Waals surface area contributed by atoms with Crippen LogP contribution in [0, 0.1) is 5.41 Å². The molecule has 0 bridgehead atoms. The summed E-state index contributed by atoms with van der Waals surface area (Å²) in [7, 11) is 0. The Morgan fingerprint density at radius 2 is 2.07 bits per heavy atom.